The van der Waals surface area contributed by atoms with E-state index in [1.54, 1.807) is 10.9 Å². The maximum absolute atomic E-state index is 13.0. The van der Waals surface area contributed by atoms with Crippen LogP contribution in [0.4, 0.5) is 0 Å². The number of nitrogens with zero attached hydrogens (tertiary/aromatic N) is 2. The Morgan fingerprint density at radius 3 is 2.52 bits per heavy atom. The maximum atomic E-state index is 13.0. The molecule has 4 rings (SSSR count). The Kier molecular flexibility index (Phi) is 4.46. The first-order valence-corrected chi connectivity index (χ1v) is 9.64. The summed E-state index contributed by atoms with van der Waals surface area (Å²) in [6, 6.07) is 15.4. The highest BCUT2D eigenvalue weighted by Crippen LogP contribution is 2.31. The largest absolute Gasteiger partial charge is 0.294 e. The lowest BCUT2D eigenvalue weighted by molar-refractivity contribution is 0.749. The predicted octanol–water partition coefficient (Wildman–Crippen LogP) is 5.59. The van der Waals surface area contributed by atoms with Gasteiger partial charge in [0.2, 0.25) is 0 Å². The first kappa shape index (κ1) is 16.5. The molecule has 0 atom stereocenters. The summed E-state index contributed by atoms with van der Waals surface area (Å²) >= 11 is 10.9. The van der Waals surface area contributed by atoms with Crippen molar-refractivity contribution in [3.63, 3.8) is 0 Å². The van der Waals surface area contributed by atoms with Crippen LogP contribution >= 0.6 is 38.9 Å². The molecule has 0 unspecified atom stereocenters. The van der Waals surface area contributed by atoms with Gasteiger partial charge in [0.25, 0.3) is 5.56 Å². The third-order valence-electron chi connectivity index (χ3n) is 3.98. The molecule has 2 heterocycles. The van der Waals surface area contributed by atoms with E-state index in [1.165, 1.54) is 11.3 Å². The van der Waals surface area contributed by atoms with Crippen molar-refractivity contribution in [2.45, 2.75) is 6.54 Å². The van der Waals surface area contributed by atoms with Crippen LogP contribution in [-0.2, 0) is 6.54 Å². The van der Waals surface area contributed by atoms with Gasteiger partial charge in [-0.1, -0.05) is 51.8 Å². The summed E-state index contributed by atoms with van der Waals surface area (Å²) in [7, 11) is 0. The number of fused-ring (bicyclic) bond motifs is 1. The fraction of sp³-hybridized carbons (Fsp3) is 0.0526. The number of halogens is 2. The molecule has 6 heteroatoms. The monoisotopic (exact) mass is 430 g/mol. The number of hydrogen-bond acceptors (Lipinski definition) is 3. The molecule has 0 radical (unpaired) electrons. The third kappa shape index (κ3) is 3.27. The molecular formula is C19H12BrClN2OS. The quantitative estimate of drug-likeness (QED) is 0.424. The second-order valence-corrected chi connectivity index (χ2v) is 7.85. The lowest BCUT2D eigenvalue weighted by atomic mass is 10.1. The fourth-order valence-electron chi connectivity index (χ4n) is 2.71. The molecule has 0 aliphatic carbocycles. The predicted molar refractivity (Wildman–Crippen MR) is 108 cm³/mol. The van der Waals surface area contributed by atoms with E-state index in [-0.39, 0.29) is 5.56 Å². The molecule has 2 aromatic heterocycles. The Morgan fingerprint density at radius 2 is 1.80 bits per heavy atom. The molecule has 25 heavy (non-hydrogen) atoms. The van der Waals surface area contributed by atoms with Gasteiger partial charge in [-0.25, -0.2) is 4.98 Å². The molecule has 4 aromatic rings. The van der Waals surface area contributed by atoms with Gasteiger partial charge >= 0.3 is 0 Å². The SMILES string of the molecule is O=c1c2c(-c3ccc(Cl)cc3)csc2ncn1Cc1ccc(Br)cc1. The average Bonchev–Trinajstić information content (AvgIpc) is 3.05. The summed E-state index contributed by atoms with van der Waals surface area (Å²) in [5, 5.41) is 3.31. The van der Waals surface area contributed by atoms with Crippen LogP contribution in [0.5, 0.6) is 0 Å². The first-order chi connectivity index (χ1) is 12.1. The van der Waals surface area contributed by atoms with Crippen LogP contribution in [0.3, 0.4) is 0 Å². The summed E-state index contributed by atoms with van der Waals surface area (Å²) in [5.41, 5.74) is 2.89. The normalized spacial score (nSPS) is 11.1. The molecule has 0 aliphatic heterocycles. The molecule has 0 bridgehead atoms. The Balaban J connectivity index is 1.81. The Hall–Kier alpha value is -1.95. The topological polar surface area (TPSA) is 34.9 Å². The van der Waals surface area contributed by atoms with Crippen LogP contribution in [0.2, 0.25) is 5.02 Å². The molecule has 0 saturated carbocycles. The highest BCUT2D eigenvalue weighted by Gasteiger charge is 2.13. The minimum absolute atomic E-state index is 0.0286. The Labute approximate surface area is 161 Å². The minimum Gasteiger partial charge on any atom is -0.294 e. The molecule has 2 aromatic carbocycles. The lowest BCUT2D eigenvalue weighted by Gasteiger charge is -2.07. The molecule has 3 nitrogen and oxygen atoms in total. The first-order valence-electron chi connectivity index (χ1n) is 7.59. The van der Waals surface area contributed by atoms with E-state index < -0.39 is 0 Å². The maximum Gasteiger partial charge on any atom is 0.263 e. The molecule has 0 spiro atoms. The van der Waals surface area contributed by atoms with Crippen molar-refractivity contribution in [3.05, 3.63) is 85.7 Å². The van der Waals surface area contributed by atoms with Crippen LogP contribution in [0.25, 0.3) is 21.3 Å². The van der Waals surface area contributed by atoms with Gasteiger partial charge in [-0.2, -0.15) is 0 Å². The van der Waals surface area contributed by atoms with E-state index in [0.29, 0.717) is 17.0 Å². The van der Waals surface area contributed by atoms with E-state index >= 15 is 0 Å². The van der Waals surface area contributed by atoms with Gasteiger partial charge in [0.15, 0.2) is 0 Å². The van der Waals surface area contributed by atoms with Crippen LogP contribution in [0.1, 0.15) is 5.56 Å². The number of hydrogen-bond donors (Lipinski definition) is 0. The van der Waals surface area contributed by atoms with Crippen molar-refractivity contribution in [1.29, 1.82) is 0 Å². The molecule has 0 saturated heterocycles. The van der Waals surface area contributed by atoms with E-state index in [4.69, 9.17) is 11.6 Å². The van der Waals surface area contributed by atoms with Crippen LogP contribution in [0, 0.1) is 0 Å². The molecule has 0 fully saturated rings. The summed E-state index contributed by atoms with van der Waals surface area (Å²) in [5.74, 6) is 0. The number of benzene rings is 2. The van der Waals surface area contributed by atoms with E-state index in [2.05, 4.69) is 20.9 Å². The van der Waals surface area contributed by atoms with Crippen molar-refractivity contribution in [2.24, 2.45) is 0 Å². The van der Waals surface area contributed by atoms with Crippen molar-refractivity contribution >= 4 is 49.1 Å². The van der Waals surface area contributed by atoms with Crippen molar-refractivity contribution < 1.29 is 0 Å². The van der Waals surface area contributed by atoms with E-state index in [0.717, 1.165) is 26.0 Å². The van der Waals surface area contributed by atoms with Crippen molar-refractivity contribution in [1.82, 2.24) is 9.55 Å². The smallest absolute Gasteiger partial charge is 0.263 e. The van der Waals surface area contributed by atoms with Gasteiger partial charge in [-0.3, -0.25) is 9.36 Å². The zero-order valence-electron chi connectivity index (χ0n) is 12.9. The summed E-state index contributed by atoms with van der Waals surface area (Å²) in [6.07, 6.45) is 1.62. The zero-order valence-corrected chi connectivity index (χ0v) is 16.1. The summed E-state index contributed by atoms with van der Waals surface area (Å²) in [6.45, 7) is 0.491. The van der Waals surface area contributed by atoms with Gasteiger partial charge in [0.1, 0.15) is 4.83 Å². The van der Waals surface area contributed by atoms with Crippen molar-refractivity contribution in [3.8, 4) is 11.1 Å². The molecule has 0 N–H and O–H groups in total. The second kappa shape index (κ2) is 6.75. The van der Waals surface area contributed by atoms with Gasteiger partial charge in [0, 0.05) is 20.4 Å². The summed E-state index contributed by atoms with van der Waals surface area (Å²) < 4.78 is 2.66. The van der Waals surface area contributed by atoms with Gasteiger partial charge in [-0.15, -0.1) is 11.3 Å². The molecular weight excluding hydrogens is 420 g/mol. The highest BCUT2D eigenvalue weighted by atomic mass is 79.9. The second-order valence-electron chi connectivity index (χ2n) is 5.64. The standard InChI is InChI=1S/C19H12BrClN2OS/c20-14-5-1-12(2-6-14)9-23-11-22-18-17(19(23)24)16(10-25-18)13-3-7-15(21)8-4-13/h1-8,10-11H,9H2. The third-order valence-corrected chi connectivity index (χ3v) is 5.65. The van der Waals surface area contributed by atoms with Gasteiger partial charge < -0.3 is 0 Å². The number of aromatic nitrogens is 2. The van der Waals surface area contributed by atoms with Crippen molar-refractivity contribution in [2.75, 3.05) is 0 Å². The van der Waals surface area contributed by atoms with Gasteiger partial charge in [-0.05, 0) is 35.4 Å². The molecule has 124 valence electrons. The van der Waals surface area contributed by atoms with Crippen LogP contribution < -0.4 is 5.56 Å². The summed E-state index contributed by atoms with van der Waals surface area (Å²) in [4.78, 5) is 18.2. The van der Waals surface area contributed by atoms with Crippen LogP contribution in [0.15, 0.2) is 69.5 Å². The zero-order chi connectivity index (χ0) is 17.4. The Bertz CT molecular complexity index is 1100. The van der Waals surface area contributed by atoms with E-state index in [9.17, 15) is 4.79 Å². The van der Waals surface area contributed by atoms with Gasteiger partial charge in [0.05, 0.1) is 18.3 Å². The van der Waals surface area contributed by atoms with E-state index in [1.807, 2.05) is 53.9 Å². The lowest BCUT2D eigenvalue weighted by Crippen LogP contribution is -2.20. The molecule has 0 amide bonds. The number of rotatable bonds is 3. The highest BCUT2D eigenvalue weighted by molar-refractivity contribution is 9.10. The molecule has 0 aliphatic rings. The Morgan fingerprint density at radius 1 is 1.08 bits per heavy atom. The average molecular weight is 432 g/mol. The minimum atomic E-state index is -0.0286. The van der Waals surface area contributed by atoms with Crippen LogP contribution in [-0.4, -0.2) is 9.55 Å². The number of thiophene rings is 1. The fourth-order valence-corrected chi connectivity index (χ4v) is 4.01.